The Morgan fingerprint density at radius 3 is 0.697 bits per heavy atom. The van der Waals surface area contributed by atoms with Gasteiger partial charge in [0.05, 0.1) is 95.2 Å². The summed E-state index contributed by atoms with van der Waals surface area (Å²) in [6.07, 6.45) is -7.01. The molecule has 0 bridgehead atoms. The molecule has 10 saturated heterocycles. The van der Waals surface area contributed by atoms with Gasteiger partial charge in [-0.3, -0.25) is 45.5 Å². The van der Waals surface area contributed by atoms with E-state index >= 15 is 22.0 Å². The van der Waals surface area contributed by atoms with E-state index in [1.807, 2.05) is 0 Å². The Morgan fingerprint density at radius 2 is 0.500 bits per heavy atom. The van der Waals surface area contributed by atoms with E-state index in [4.69, 9.17) is 249 Å². The molecule has 10 aliphatic heterocycles. The van der Waals surface area contributed by atoms with Crippen molar-refractivity contribution in [2.75, 3.05) is 73.2 Å². The van der Waals surface area contributed by atoms with Crippen LogP contribution in [0, 0.1) is 0 Å². The lowest BCUT2D eigenvalue weighted by atomic mass is 10.1. The molecule has 20 rings (SSSR count). The van der Waals surface area contributed by atoms with E-state index in [1.165, 1.54) is 73.5 Å². The number of rotatable bonds is 15. The highest BCUT2D eigenvalue weighted by molar-refractivity contribution is 8.09. The fourth-order valence-corrected chi connectivity index (χ4v) is 29.6. The fourth-order valence-electron chi connectivity index (χ4n) is 14.8. The molecule has 0 aliphatic carbocycles. The van der Waals surface area contributed by atoms with Crippen LogP contribution in [0.5, 0.6) is 0 Å². The Labute approximate surface area is 794 Å². The van der Waals surface area contributed by atoms with E-state index in [1.54, 1.807) is 69.2 Å². The summed E-state index contributed by atoms with van der Waals surface area (Å²) < 4.78 is 197. The molecular formula is C65H82Cl5F5N27O20P5S5. The molecule has 0 amide bonds. The van der Waals surface area contributed by atoms with Crippen LogP contribution in [0.4, 0.5) is 62.9 Å². The smallest absolute Gasteiger partial charge is 0.328 e. The molecule has 2 unspecified atom stereocenters. The third kappa shape index (κ3) is 19.5. The van der Waals surface area contributed by atoms with Crippen molar-refractivity contribution >= 4 is 247 Å². The van der Waals surface area contributed by atoms with Crippen molar-refractivity contribution in [1.82, 2.24) is 97.6 Å². The van der Waals surface area contributed by atoms with Gasteiger partial charge in [-0.15, -0.1) is 0 Å². The number of ether oxygens (including phenoxy) is 5. The summed E-state index contributed by atoms with van der Waals surface area (Å²) >= 11 is 57.6. The lowest BCUT2D eigenvalue weighted by Gasteiger charge is -2.35. The Morgan fingerprint density at radius 1 is 0.311 bits per heavy atom. The second-order valence-electron chi connectivity index (χ2n) is 31.5. The maximum atomic E-state index is 15.6. The zero-order valence-electron chi connectivity index (χ0n) is 69.9. The highest BCUT2D eigenvalue weighted by Gasteiger charge is 2.68. The molecule has 10 aromatic rings. The average Bonchev–Trinajstić information content (AvgIpc) is 1.60. The van der Waals surface area contributed by atoms with Crippen molar-refractivity contribution < 1.29 is 113 Å². The SMILES string of the molecule is CC(C)OP1(=S)OC[C@H]2O[C@@H](n3cnc4c(N)nc(N)nc43)[C@](F)(Cl)[C@@H]2O1.CC(C)OP1(=S)OC[C@H]2O[C@@H](n3cnc4c(N)ncnc43)[C@](F)(Cl)[C@@H]2O1.CC(C)O[P@@]1(=S)OC[C@H]2O[C@@H](n3cnc4c(N)nc(N)nc43)[C@](F)(Cl)[C@@H]2O1.CC(C)O[P@@]1(=S)OC[C@H]2O[C@@H](n3cnc4c(N)ncnc43)[C@](F)(Cl)[C@@H]2O1.CC(C)O[P@]1(=S)OC[C@H]2O[C@@H](n3cnc4c(N)ncnc43)[C@](F)(Cl)[C@@H]2O1. The monoisotopic (exact) mass is 2150 g/mol. The van der Waals surface area contributed by atoms with Gasteiger partial charge in [0.15, 0.2) is 88.5 Å². The maximum Gasteiger partial charge on any atom is 0.328 e. The van der Waals surface area contributed by atoms with E-state index in [9.17, 15) is 0 Å². The molecule has 0 spiro atoms. The molecule has 67 heteroatoms. The number of fused-ring (bicyclic) bond motifs is 10. The first-order valence-corrected chi connectivity index (χ1v) is 54.0. The number of alkyl halides is 10. The van der Waals surface area contributed by atoms with Crippen molar-refractivity contribution in [3.05, 3.63) is 50.6 Å². The highest BCUT2D eigenvalue weighted by Crippen LogP contribution is 2.67. The molecular weight excluding hydrogens is 2070 g/mol. The van der Waals surface area contributed by atoms with Gasteiger partial charge in [-0.25, -0.2) is 76.8 Å². The number of nitrogens with zero attached hydrogens (tertiary/aromatic N) is 20. The van der Waals surface area contributed by atoms with Crippen molar-refractivity contribution in [3.63, 3.8) is 0 Å². The average molecular weight is 2150 g/mol. The van der Waals surface area contributed by atoms with E-state index < -0.39 is 151 Å². The van der Waals surface area contributed by atoms with Gasteiger partial charge in [0.1, 0.15) is 108 Å². The number of aromatic nitrogens is 20. The molecule has 25 atom stereocenters. The van der Waals surface area contributed by atoms with Gasteiger partial charge in [0.2, 0.25) is 11.9 Å². The van der Waals surface area contributed by atoms with Gasteiger partial charge < -0.3 is 109 Å². The summed E-state index contributed by atoms with van der Waals surface area (Å²) in [5.74, 6) is 0.460. The normalized spacial score (nSPS) is 37.0. The lowest BCUT2D eigenvalue weighted by molar-refractivity contribution is -0.0636. The number of anilines is 7. The van der Waals surface area contributed by atoms with E-state index in [-0.39, 0.29) is 127 Å². The lowest BCUT2D eigenvalue weighted by Crippen LogP contribution is -2.43. The Balaban J connectivity index is 0.000000120. The van der Waals surface area contributed by atoms with Crippen molar-refractivity contribution in [2.24, 2.45) is 0 Å². The van der Waals surface area contributed by atoms with Crippen LogP contribution in [0.15, 0.2) is 50.6 Å². The molecule has 0 aromatic carbocycles. The van der Waals surface area contributed by atoms with Crippen LogP contribution in [0.25, 0.3) is 55.8 Å². The van der Waals surface area contributed by atoms with Gasteiger partial charge in [0.25, 0.3) is 25.6 Å². The van der Waals surface area contributed by atoms with Gasteiger partial charge in [-0.1, -0.05) is 58.0 Å². The summed E-state index contributed by atoms with van der Waals surface area (Å²) in [5.41, 5.74) is 42.9. The van der Waals surface area contributed by atoms with Crippen LogP contribution in [-0.4, -0.2) is 248 Å². The molecule has 722 valence electrons. The van der Waals surface area contributed by atoms with Gasteiger partial charge >= 0.3 is 33.6 Å². The second kappa shape index (κ2) is 37.5. The zero-order valence-corrected chi connectivity index (χ0v) is 82.2. The fraction of sp³-hybridized carbons (Fsp3) is 0.615. The summed E-state index contributed by atoms with van der Waals surface area (Å²) in [6.45, 7) is 2.13. The molecule has 0 saturated carbocycles. The largest absolute Gasteiger partial charge is 0.382 e. The number of nitrogens with two attached hydrogens (primary N) is 7. The van der Waals surface area contributed by atoms with Crippen molar-refractivity contribution in [1.29, 1.82) is 0 Å². The van der Waals surface area contributed by atoms with E-state index in [0.29, 0.717) is 33.5 Å². The predicted octanol–water partition coefficient (Wildman–Crippen LogP) is 10.5. The first-order valence-electron chi connectivity index (χ1n) is 39.4. The van der Waals surface area contributed by atoms with Crippen LogP contribution in [0.1, 0.15) is 100 Å². The molecule has 10 aliphatic rings. The van der Waals surface area contributed by atoms with E-state index in [0.717, 1.165) is 0 Å². The standard InChI is InChI=1S/2C13H17ClFN6O4PS.3C13H16ClFN5O4PS/c2*1-5(2)24-26(27)22-3-6-8(25-26)13(14,15)11(23-6)21-4-18-7-9(16)19-12(17)20-10(7)21;3*1-6(2)23-25(26)21-3-7-9(24-25)13(14,15)12(22-7)20-5-19-8-10(16)17-4-18-11(8)20/h2*4-6,8,11H,3H2,1-2H3,(H4,16,17,19,20);3*4-7,9,12H,3H2,1-2H3,(H2,16,17,18)/t6-,8-,11-,13+,26?;6-,8-,11-,13+,26+;7-,9-,12-,13+,25?;7-,9-,12-,13+,25+;7-,9-,12-,13+,25-/m11111/s1. The summed E-state index contributed by atoms with van der Waals surface area (Å²) in [6, 6.07) is 0. The van der Waals surface area contributed by atoms with Crippen LogP contribution in [0.3, 0.4) is 0 Å². The first-order chi connectivity index (χ1) is 61.8. The van der Waals surface area contributed by atoms with Crippen LogP contribution in [-0.2, 0) is 151 Å². The summed E-state index contributed by atoms with van der Waals surface area (Å²) in [5, 5.41) is -12.3. The Bertz CT molecular complexity index is 5790. The van der Waals surface area contributed by atoms with Crippen LogP contribution < -0.4 is 40.1 Å². The minimum absolute atomic E-state index is 0.00725. The minimum Gasteiger partial charge on any atom is -0.382 e. The number of hydrogen-bond donors (Lipinski definition) is 7. The molecule has 10 aromatic heterocycles. The molecule has 47 nitrogen and oxygen atoms in total. The number of halogens is 10. The number of hydrogen-bond acceptors (Lipinski definition) is 47. The molecule has 14 N–H and O–H groups in total. The summed E-state index contributed by atoms with van der Waals surface area (Å²) in [7, 11) is 0. The number of imidazole rings is 5. The minimum atomic E-state index is -3.15. The third-order valence-electron chi connectivity index (χ3n) is 20.0. The first kappa shape index (κ1) is 99.9. The van der Waals surface area contributed by atoms with Gasteiger partial charge in [-0.2, -0.15) is 19.9 Å². The van der Waals surface area contributed by atoms with Crippen LogP contribution in [0.2, 0.25) is 0 Å². The van der Waals surface area contributed by atoms with Crippen LogP contribution >= 0.6 is 91.6 Å². The molecule has 0 radical (unpaired) electrons. The van der Waals surface area contributed by atoms with Gasteiger partial charge in [-0.05, 0) is 128 Å². The Kier molecular flexibility index (Phi) is 28.4. The summed E-state index contributed by atoms with van der Waals surface area (Å²) in [4.78, 5) is 60.1. The molecule has 132 heavy (non-hydrogen) atoms. The maximum absolute atomic E-state index is 15.6. The Hall–Kier alpha value is -5.10. The van der Waals surface area contributed by atoms with Crippen molar-refractivity contribution in [3.8, 4) is 0 Å². The van der Waals surface area contributed by atoms with Crippen molar-refractivity contribution in [2.45, 2.75) is 218 Å². The third-order valence-corrected chi connectivity index (χ3v) is 34.3. The molecule has 10 fully saturated rings. The van der Waals surface area contributed by atoms with Gasteiger partial charge in [0, 0.05) is 0 Å². The molecule has 20 heterocycles. The zero-order chi connectivity index (χ0) is 95.2. The highest BCUT2D eigenvalue weighted by atomic mass is 35.5. The second-order valence-corrected chi connectivity index (χ2v) is 48.9. The number of nitrogen functional groups attached to an aromatic ring is 7. The topological polar surface area (TPSA) is 585 Å². The quantitative estimate of drug-likeness (QED) is 0.0285. The van der Waals surface area contributed by atoms with E-state index in [2.05, 4.69) is 74.8 Å². The predicted molar refractivity (Wildman–Crippen MR) is 482 cm³/mol.